The number of hydrogen-bond acceptors (Lipinski definition) is 3. The standard InChI is InChI=1S/C17H23BO3.C2H6/c1-16(2)17(3,4)21-18(20-16)15-11-8-10-14(13-15)9-6-5-7-12-19;1-2/h8,10-11,13,19H,5,7,12H2,1-4H3;1-2H3. The molecule has 4 heteroatoms. The van der Waals surface area contributed by atoms with Crippen molar-refractivity contribution < 1.29 is 14.4 Å². The Hall–Kier alpha value is -1.28. The number of aliphatic hydroxyl groups excluding tert-OH is 1. The highest BCUT2D eigenvalue weighted by molar-refractivity contribution is 6.62. The minimum atomic E-state index is -0.353. The summed E-state index contributed by atoms with van der Waals surface area (Å²) < 4.78 is 12.1. The molecule has 0 aromatic heterocycles. The van der Waals surface area contributed by atoms with Crippen molar-refractivity contribution in [2.75, 3.05) is 6.61 Å². The van der Waals surface area contributed by atoms with E-state index in [0.717, 1.165) is 11.0 Å². The molecule has 1 saturated heterocycles. The fraction of sp³-hybridized carbons (Fsp3) is 0.579. The summed E-state index contributed by atoms with van der Waals surface area (Å²) in [5.74, 6) is 6.17. The van der Waals surface area contributed by atoms with Crippen LogP contribution in [0.1, 0.15) is 59.9 Å². The van der Waals surface area contributed by atoms with Crippen molar-refractivity contribution in [2.45, 2.75) is 65.6 Å². The molecule has 0 aliphatic carbocycles. The van der Waals surface area contributed by atoms with E-state index in [0.29, 0.717) is 12.8 Å². The fourth-order valence-corrected chi connectivity index (χ4v) is 2.07. The van der Waals surface area contributed by atoms with Crippen LogP contribution >= 0.6 is 0 Å². The van der Waals surface area contributed by atoms with Crippen LogP contribution in [-0.4, -0.2) is 30.0 Å². The first-order chi connectivity index (χ1) is 10.9. The average Bonchev–Trinajstić information content (AvgIpc) is 2.74. The molecular weight excluding hydrogens is 287 g/mol. The first kappa shape index (κ1) is 19.8. The molecule has 0 bridgehead atoms. The molecule has 0 amide bonds. The Morgan fingerprint density at radius 2 is 1.70 bits per heavy atom. The van der Waals surface area contributed by atoms with Crippen molar-refractivity contribution in [1.82, 2.24) is 0 Å². The van der Waals surface area contributed by atoms with Crippen LogP contribution in [0.15, 0.2) is 24.3 Å². The maximum atomic E-state index is 8.75. The van der Waals surface area contributed by atoms with E-state index in [-0.39, 0.29) is 24.9 Å². The molecule has 1 aliphatic rings. The topological polar surface area (TPSA) is 38.7 Å². The SMILES string of the molecule is CC.CC1(C)OB(c2cccc(C#CCCCO)c2)OC1(C)C. The lowest BCUT2D eigenvalue weighted by Gasteiger charge is -2.32. The smallest absolute Gasteiger partial charge is 0.399 e. The Balaban J connectivity index is 0.00000127. The molecule has 23 heavy (non-hydrogen) atoms. The van der Waals surface area contributed by atoms with Gasteiger partial charge < -0.3 is 14.4 Å². The van der Waals surface area contributed by atoms with Crippen molar-refractivity contribution in [3.8, 4) is 11.8 Å². The number of benzene rings is 1. The molecular formula is C19H29BO3. The zero-order valence-corrected chi connectivity index (χ0v) is 15.3. The molecule has 0 radical (unpaired) electrons. The van der Waals surface area contributed by atoms with E-state index in [9.17, 15) is 0 Å². The highest BCUT2D eigenvalue weighted by Crippen LogP contribution is 2.36. The van der Waals surface area contributed by atoms with Gasteiger partial charge in [-0.15, -0.1) is 0 Å². The maximum Gasteiger partial charge on any atom is 0.494 e. The van der Waals surface area contributed by atoms with Crippen LogP contribution in [0, 0.1) is 11.8 Å². The van der Waals surface area contributed by atoms with Crippen LogP contribution in [0.5, 0.6) is 0 Å². The van der Waals surface area contributed by atoms with Crippen molar-refractivity contribution in [2.24, 2.45) is 0 Å². The van der Waals surface area contributed by atoms with Crippen LogP contribution in [0.4, 0.5) is 0 Å². The van der Waals surface area contributed by atoms with Crippen LogP contribution in [0.2, 0.25) is 0 Å². The summed E-state index contributed by atoms with van der Waals surface area (Å²) in [6.45, 7) is 12.4. The van der Waals surface area contributed by atoms with E-state index in [1.54, 1.807) is 0 Å². The molecule has 0 atom stereocenters. The Morgan fingerprint density at radius 1 is 1.09 bits per heavy atom. The molecule has 1 N–H and O–H groups in total. The molecule has 1 aromatic carbocycles. The molecule has 2 rings (SSSR count). The Bertz CT molecular complexity index is 539. The van der Waals surface area contributed by atoms with Gasteiger partial charge in [0.05, 0.1) is 11.2 Å². The fourth-order valence-electron chi connectivity index (χ4n) is 2.07. The maximum absolute atomic E-state index is 8.75. The highest BCUT2D eigenvalue weighted by atomic mass is 16.7. The second-order valence-corrected chi connectivity index (χ2v) is 6.34. The van der Waals surface area contributed by atoms with Crippen LogP contribution < -0.4 is 5.46 Å². The van der Waals surface area contributed by atoms with Gasteiger partial charge in [0.25, 0.3) is 0 Å². The van der Waals surface area contributed by atoms with Crippen LogP contribution in [-0.2, 0) is 9.31 Å². The molecule has 0 unspecified atom stereocenters. The van der Waals surface area contributed by atoms with Crippen molar-refractivity contribution in [3.63, 3.8) is 0 Å². The predicted molar refractivity (Wildman–Crippen MR) is 96.7 cm³/mol. The molecule has 1 aliphatic heterocycles. The summed E-state index contributed by atoms with van der Waals surface area (Å²) in [6.07, 6.45) is 1.42. The van der Waals surface area contributed by atoms with Gasteiger partial charge in [-0.25, -0.2) is 0 Å². The number of hydrogen-bond donors (Lipinski definition) is 1. The van der Waals surface area contributed by atoms with Gasteiger partial charge in [-0.05, 0) is 51.7 Å². The molecule has 1 aromatic rings. The van der Waals surface area contributed by atoms with E-state index in [1.807, 2.05) is 65.8 Å². The monoisotopic (exact) mass is 316 g/mol. The molecule has 3 nitrogen and oxygen atoms in total. The van der Waals surface area contributed by atoms with Crippen molar-refractivity contribution in [1.29, 1.82) is 0 Å². The van der Waals surface area contributed by atoms with Gasteiger partial charge in [0, 0.05) is 18.6 Å². The minimum Gasteiger partial charge on any atom is -0.399 e. The van der Waals surface area contributed by atoms with Gasteiger partial charge in [-0.3, -0.25) is 0 Å². The van der Waals surface area contributed by atoms with Gasteiger partial charge in [0.15, 0.2) is 0 Å². The van der Waals surface area contributed by atoms with Crippen LogP contribution in [0.25, 0.3) is 0 Å². The number of aliphatic hydroxyl groups is 1. The second kappa shape index (κ2) is 8.54. The number of rotatable bonds is 3. The average molecular weight is 316 g/mol. The molecule has 0 spiro atoms. The Kier molecular flexibility index (Phi) is 7.34. The molecule has 1 fully saturated rings. The summed E-state index contributed by atoms with van der Waals surface area (Å²) in [5, 5.41) is 8.75. The lowest BCUT2D eigenvalue weighted by atomic mass is 9.78. The molecule has 1 heterocycles. The lowest BCUT2D eigenvalue weighted by Crippen LogP contribution is -2.41. The van der Waals surface area contributed by atoms with Gasteiger partial charge in [-0.2, -0.15) is 0 Å². The quantitative estimate of drug-likeness (QED) is 0.529. The van der Waals surface area contributed by atoms with Crippen molar-refractivity contribution >= 4 is 12.6 Å². The minimum absolute atomic E-state index is 0.183. The molecule has 0 saturated carbocycles. The van der Waals surface area contributed by atoms with E-state index in [4.69, 9.17) is 14.4 Å². The van der Waals surface area contributed by atoms with Gasteiger partial charge >= 0.3 is 7.12 Å². The largest absolute Gasteiger partial charge is 0.494 e. The van der Waals surface area contributed by atoms with E-state index >= 15 is 0 Å². The Labute approximate surface area is 141 Å². The third-order valence-corrected chi connectivity index (χ3v) is 4.10. The van der Waals surface area contributed by atoms with Gasteiger partial charge in [-0.1, -0.05) is 37.8 Å². The van der Waals surface area contributed by atoms with Crippen LogP contribution in [0.3, 0.4) is 0 Å². The third kappa shape index (κ3) is 5.11. The summed E-state index contributed by atoms with van der Waals surface area (Å²) in [6, 6.07) is 7.95. The van der Waals surface area contributed by atoms with Gasteiger partial charge in [0.2, 0.25) is 0 Å². The third-order valence-electron chi connectivity index (χ3n) is 4.10. The normalized spacial score (nSPS) is 17.8. The first-order valence-electron chi connectivity index (χ1n) is 8.41. The van der Waals surface area contributed by atoms with Crippen molar-refractivity contribution in [3.05, 3.63) is 29.8 Å². The molecule has 126 valence electrons. The summed E-state index contributed by atoms with van der Waals surface area (Å²) in [4.78, 5) is 0. The zero-order valence-electron chi connectivity index (χ0n) is 15.3. The lowest BCUT2D eigenvalue weighted by molar-refractivity contribution is 0.00578. The van der Waals surface area contributed by atoms with E-state index < -0.39 is 0 Å². The Morgan fingerprint density at radius 3 is 2.26 bits per heavy atom. The summed E-state index contributed by atoms with van der Waals surface area (Å²) in [7, 11) is -0.353. The highest BCUT2D eigenvalue weighted by Gasteiger charge is 2.51. The number of unbranched alkanes of at least 4 members (excludes halogenated alkanes) is 1. The van der Waals surface area contributed by atoms with Gasteiger partial charge in [0.1, 0.15) is 0 Å². The second-order valence-electron chi connectivity index (χ2n) is 6.34. The van der Waals surface area contributed by atoms with E-state index in [1.165, 1.54) is 0 Å². The summed E-state index contributed by atoms with van der Waals surface area (Å²) in [5.41, 5.74) is 1.27. The summed E-state index contributed by atoms with van der Waals surface area (Å²) >= 11 is 0. The predicted octanol–water partition coefficient (Wildman–Crippen LogP) is 3.14. The zero-order chi connectivity index (χ0) is 17.5. The first-order valence-corrected chi connectivity index (χ1v) is 8.41. The van der Waals surface area contributed by atoms with E-state index in [2.05, 4.69) is 11.8 Å².